The molecule has 1 aromatic carbocycles. The van der Waals surface area contributed by atoms with Crippen LogP contribution in [0.3, 0.4) is 0 Å². The number of nitrogens with zero attached hydrogens (tertiary/aromatic N) is 3. The van der Waals surface area contributed by atoms with Crippen LogP contribution in [0.5, 0.6) is 0 Å². The number of halogens is 4. The van der Waals surface area contributed by atoms with Gasteiger partial charge in [0.2, 0.25) is 0 Å². The van der Waals surface area contributed by atoms with Gasteiger partial charge in [-0.1, -0.05) is 23.7 Å². The standard InChI is InChI=1S/C19H12ClF3N4O2/c20-12-4-1-3-11(7-12)9-24-18(28)13-10-25-27-16(19(21,22)23)8-14(26-17(13)27)15-5-2-6-29-15/h1-8,10H,9H2,(H,24,28). The number of benzene rings is 1. The summed E-state index contributed by atoms with van der Waals surface area (Å²) in [7, 11) is 0. The molecule has 0 bridgehead atoms. The number of carbonyl (C=O) groups is 1. The van der Waals surface area contributed by atoms with Crippen molar-refractivity contribution in [2.24, 2.45) is 0 Å². The molecule has 0 aliphatic heterocycles. The summed E-state index contributed by atoms with van der Waals surface area (Å²) < 4.78 is 46.3. The van der Waals surface area contributed by atoms with Gasteiger partial charge in [-0.15, -0.1) is 0 Å². The molecule has 0 unspecified atom stereocenters. The average Bonchev–Trinajstić information content (AvgIpc) is 3.34. The molecule has 1 N–H and O–H groups in total. The number of aromatic nitrogens is 3. The maximum absolute atomic E-state index is 13.5. The van der Waals surface area contributed by atoms with Gasteiger partial charge in [-0.25, -0.2) is 9.50 Å². The Labute approximate surface area is 166 Å². The van der Waals surface area contributed by atoms with E-state index >= 15 is 0 Å². The van der Waals surface area contributed by atoms with Crippen molar-refractivity contribution in [3.8, 4) is 11.5 Å². The predicted molar refractivity (Wildman–Crippen MR) is 98.3 cm³/mol. The monoisotopic (exact) mass is 420 g/mol. The number of furan rings is 1. The van der Waals surface area contributed by atoms with E-state index in [1.54, 1.807) is 24.3 Å². The Morgan fingerprint density at radius 3 is 2.72 bits per heavy atom. The van der Waals surface area contributed by atoms with Crippen LogP contribution in [-0.4, -0.2) is 20.5 Å². The van der Waals surface area contributed by atoms with Gasteiger partial charge in [0.15, 0.2) is 17.1 Å². The summed E-state index contributed by atoms with van der Waals surface area (Å²) in [4.78, 5) is 16.8. The molecule has 4 aromatic rings. The summed E-state index contributed by atoms with van der Waals surface area (Å²) in [6.07, 6.45) is -2.33. The number of nitrogens with one attached hydrogen (secondary N) is 1. The summed E-state index contributed by atoms with van der Waals surface area (Å²) in [5, 5.41) is 6.86. The molecular weight excluding hydrogens is 409 g/mol. The predicted octanol–water partition coefficient (Wildman–Crippen LogP) is 4.59. The van der Waals surface area contributed by atoms with Crippen molar-refractivity contribution in [1.29, 1.82) is 0 Å². The molecule has 0 fully saturated rings. The molecule has 148 valence electrons. The largest absolute Gasteiger partial charge is 0.463 e. The van der Waals surface area contributed by atoms with Gasteiger partial charge in [0.25, 0.3) is 5.91 Å². The minimum Gasteiger partial charge on any atom is -0.463 e. The topological polar surface area (TPSA) is 72.4 Å². The fourth-order valence-electron chi connectivity index (χ4n) is 2.80. The molecule has 0 atom stereocenters. The van der Waals surface area contributed by atoms with Gasteiger partial charge in [0, 0.05) is 11.6 Å². The molecule has 29 heavy (non-hydrogen) atoms. The van der Waals surface area contributed by atoms with E-state index in [9.17, 15) is 18.0 Å². The van der Waals surface area contributed by atoms with Gasteiger partial charge >= 0.3 is 6.18 Å². The van der Waals surface area contributed by atoms with Gasteiger partial charge in [-0.05, 0) is 35.9 Å². The second-order valence-electron chi connectivity index (χ2n) is 6.11. The molecule has 6 nitrogen and oxygen atoms in total. The first-order chi connectivity index (χ1) is 13.8. The van der Waals surface area contributed by atoms with E-state index in [4.69, 9.17) is 16.0 Å². The molecule has 1 amide bonds. The van der Waals surface area contributed by atoms with Crippen molar-refractivity contribution >= 4 is 23.2 Å². The van der Waals surface area contributed by atoms with Gasteiger partial charge in [-0.2, -0.15) is 18.3 Å². The van der Waals surface area contributed by atoms with E-state index in [-0.39, 0.29) is 29.2 Å². The first kappa shape index (κ1) is 19.0. The third-order valence-corrected chi connectivity index (χ3v) is 4.36. The number of carbonyl (C=O) groups excluding carboxylic acids is 1. The number of fused-ring (bicyclic) bond motifs is 1. The third kappa shape index (κ3) is 3.81. The van der Waals surface area contributed by atoms with Gasteiger partial charge < -0.3 is 9.73 Å². The SMILES string of the molecule is O=C(NCc1cccc(Cl)c1)c1cnn2c(C(F)(F)F)cc(-c3ccco3)nc12. The van der Waals surface area contributed by atoms with Gasteiger partial charge in [-0.3, -0.25) is 4.79 Å². The Balaban J connectivity index is 1.73. The van der Waals surface area contributed by atoms with Crippen LogP contribution in [0.1, 0.15) is 21.6 Å². The van der Waals surface area contributed by atoms with Crippen LogP contribution in [0.4, 0.5) is 13.2 Å². The minimum atomic E-state index is -4.71. The molecule has 3 aromatic heterocycles. The van der Waals surface area contributed by atoms with E-state index in [2.05, 4.69) is 15.4 Å². The molecule has 0 spiro atoms. The van der Waals surface area contributed by atoms with Crippen molar-refractivity contribution in [3.05, 3.63) is 76.8 Å². The van der Waals surface area contributed by atoms with Crippen molar-refractivity contribution in [1.82, 2.24) is 19.9 Å². The molecular formula is C19H12ClF3N4O2. The van der Waals surface area contributed by atoms with E-state index in [1.165, 1.54) is 18.4 Å². The second kappa shape index (κ2) is 7.25. The number of hydrogen-bond acceptors (Lipinski definition) is 4. The fraction of sp³-hybridized carbons (Fsp3) is 0.105. The zero-order valence-corrected chi connectivity index (χ0v) is 15.3. The van der Waals surface area contributed by atoms with Crippen LogP contribution in [0, 0.1) is 0 Å². The van der Waals surface area contributed by atoms with Crippen molar-refractivity contribution in [2.75, 3.05) is 0 Å². The Morgan fingerprint density at radius 1 is 1.21 bits per heavy atom. The maximum Gasteiger partial charge on any atom is 0.433 e. The second-order valence-corrected chi connectivity index (χ2v) is 6.54. The summed E-state index contributed by atoms with van der Waals surface area (Å²) >= 11 is 5.91. The Bertz CT molecular complexity index is 1190. The van der Waals surface area contributed by atoms with Crippen molar-refractivity contribution in [3.63, 3.8) is 0 Å². The molecule has 10 heteroatoms. The molecule has 0 saturated heterocycles. The quantitative estimate of drug-likeness (QED) is 0.524. The number of amides is 1. The smallest absolute Gasteiger partial charge is 0.433 e. The maximum atomic E-state index is 13.5. The van der Waals surface area contributed by atoms with Crippen LogP contribution in [-0.2, 0) is 12.7 Å². The minimum absolute atomic E-state index is 0.0563. The Morgan fingerprint density at radius 2 is 2.03 bits per heavy atom. The highest BCUT2D eigenvalue weighted by Gasteiger charge is 2.36. The molecule has 4 rings (SSSR count). The van der Waals surface area contributed by atoms with Crippen LogP contribution in [0.15, 0.2) is 59.3 Å². The van der Waals surface area contributed by atoms with E-state index in [0.717, 1.165) is 17.8 Å². The van der Waals surface area contributed by atoms with E-state index in [1.807, 2.05) is 0 Å². The lowest BCUT2D eigenvalue weighted by atomic mass is 10.2. The number of rotatable bonds is 4. The first-order valence-corrected chi connectivity index (χ1v) is 8.73. The summed E-state index contributed by atoms with van der Waals surface area (Å²) in [5.74, 6) is -0.471. The molecule has 0 radical (unpaired) electrons. The summed E-state index contributed by atoms with van der Waals surface area (Å²) in [6, 6.07) is 10.7. The fourth-order valence-corrected chi connectivity index (χ4v) is 3.01. The number of hydrogen-bond donors (Lipinski definition) is 1. The van der Waals surface area contributed by atoms with E-state index in [0.29, 0.717) is 9.54 Å². The first-order valence-electron chi connectivity index (χ1n) is 8.35. The molecule has 3 heterocycles. The molecule has 0 aliphatic rings. The van der Waals surface area contributed by atoms with Crippen LogP contribution >= 0.6 is 11.6 Å². The lowest BCUT2D eigenvalue weighted by molar-refractivity contribution is -0.142. The average molecular weight is 421 g/mol. The van der Waals surface area contributed by atoms with Gasteiger partial charge in [0.1, 0.15) is 11.3 Å². The van der Waals surface area contributed by atoms with E-state index < -0.39 is 17.8 Å². The highest BCUT2D eigenvalue weighted by molar-refractivity contribution is 6.30. The zero-order valence-electron chi connectivity index (χ0n) is 14.6. The summed E-state index contributed by atoms with van der Waals surface area (Å²) in [5.41, 5.74) is -0.703. The highest BCUT2D eigenvalue weighted by Crippen LogP contribution is 2.32. The van der Waals surface area contributed by atoms with Crippen molar-refractivity contribution < 1.29 is 22.4 Å². The lowest BCUT2D eigenvalue weighted by Crippen LogP contribution is -2.23. The van der Waals surface area contributed by atoms with Crippen LogP contribution in [0.25, 0.3) is 17.1 Å². The molecule has 0 aliphatic carbocycles. The Kier molecular flexibility index (Phi) is 4.75. The lowest BCUT2D eigenvalue weighted by Gasteiger charge is -2.10. The van der Waals surface area contributed by atoms with Crippen molar-refractivity contribution in [2.45, 2.75) is 12.7 Å². The number of alkyl halides is 3. The van der Waals surface area contributed by atoms with Gasteiger partial charge in [0.05, 0.1) is 12.5 Å². The zero-order chi connectivity index (χ0) is 20.6. The third-order valence-electron chi connectivity index (χ3n) is 4.12. The van der Waals surface area contributed by atoms with Crippen LogP contribution < -0.4 is 5.32 Å². The summed E-state index contributed by atoms with van der Waals surface area (Å²) in [6.45, 7) is 0.140. The van der Waals surface area contributed by atoms with Crippen LogP contribution in [0.2, 0.25) is 5.02 Å². The molecule has 0 saturated carbocycles. The normalized spacial score (nSPS) is 11.7. The highest BCUT2D eigenvalue weighted by atomic mass is 35.5. The Hall–Kier alpha value is -3.33.